The van der Waals surface area contributed by atoms with Crippen molar-refractivity contribution in [2.45, 2.75) is 188 Å². The fourth-order valence-electron chi connectivity index (χ4n) is 9.55. The van der Waals surface area contributed by atoms with Crippen molar-refractivity contribution in [2.24, 2.45) is 0 Å². The Morgan fingerprint density at radius 1 is 0.242 bits per heavy atom. The van der Waals surface area contributed by atoms with Crippen molar-refractivity contribution in [1.29, 1.82) is 0 Å². The van der Waals surface area contributed by atoms with E-state index in [1.807, 2.05) is 0 Å². The SMILES string of the molecule is C1CCC([PH+](C2CCCC2)C2CCCC2)C1.C1CCC([PH+](C2CCCC2)C2CCCC2)C1.[Pd]. The van der Waals surface area contributed by atoms with Gasteiger partial charge in [0.05, 0.1) is 34.0 Å². The van der Waals surface area contributed by atoms with Crippen molar-refractivity contribution in [2.75, 3.05) is 0 Å². The van der Waals surface area contributed by atoms with E-state index in [1.54, 1.807) is 154 Å². The molecule has 0 bridgehead atoms. The average molecular weight is 585 g/mol. The van der Waals surface area contributed by atoms with Crippen LogP contribution in [0, 0.1) is 0 Å². The summed E-state index contributed by atoms with van der Waals surface area (Å²) in [7, 11) is 0.0448. The standard InChI is InChI=1S/2C15H27P.Pd/c2*1-2-8-13(7-1)16(14-9-3-4-10-14)15-11-5-6-12-15;/h2*13-15H,1-12H2;/p+2. The fraction of sp³-hybridized carbons (Fsp3) is 1.00. The van der Waals surface area contributed by atoms with Crippen LogP contribution in [0.25, 0.3) is 0 Å². The van der Waals surface area contributed by atoms with Gasteiger partial charge in [0, 0.05) is 36.3 Å². The van der Waals surface area contributed by atoms with Crippen molar-refractivity contribution in [3.05, 3.63) is 0 Å². The van der Waals surface area contributed by atoms with Crippen LogP contribution in [0.1, 0.15) is 154 Å². The molecule has 0 spiro atoms. The van der Waals surface area contributed by atoms with Crippen molar-refractivity contribution in [3.8, 4) is 0 Å². The molecule has 6 saturated carbocycles. The minimum atomic E-state index is 0. The Kier molecular flexibility index (Phi) is 12.1. The maximum Gasteiger partial charge on any atom is 0.0680 e. The van der Waals surface area contributed by atoms with Gasteiger partial charge in [0.2, 0.25) is 0 Å². The zero-order valence-corrected chi connectivity index (χ0v) is 25.3. The first-order valence-electron chi connectivity index (χ1n) is 15.6. The molecule has 0 saturated heterocycles. The molecule has 33 heavy (non-hydrogen) atoms. The van der Waals surface area contributed by atoms with Gasteiger partial charge in [-0.25, -0.2) is 0 Å². The third-order valence-electron chi connectivity index (χ3n) is 11.0. The minimum absolute atomic E-state index is 0. The Morgan fingerprint density at radius 3 is 0.485 bits per heavy atom. The number of rotatable bonds is 6. The van der Waals surface area contributed by atoms with Crippen LogP contribution in [0.2, 0.25) is 0 Å². The van der Waals surface area contributed by atoms with Crippen LogP contribution in [0.3, 0.4) is 0 Å². The molecule has 0 N–H and O–H groups in total. The van der Waals surface area contributed by atoms with Crippen LogP contribution >= 0.6 is 15.8 Å². The second kappa shape index (κ2) is 14.5. The predicted molar refractivity (Wildman–Crippen MR) is 150 cm³/mol. The van der Waals surface area contributed by atoms with Crippen LogP contribution < -0.4 is 0 Å². The van der Waals surface area contributed by atoms with Crippen molar-refractivity contribution in [1.82, 2.24) is 0 Å². The molecular weight excluding hydrogens is 529 g/mol. The molecule has 0 amide bonds. The number of hydrogen-bond donors (Lipinski definition) is 0. The molecule has 0 nitrogen and oxygen atoms in total. The molecule has 0 heterocycles. The summed E-state index contributed by atoms with van der Waals surface area (Å²) in [5.41, 5.74) is 7.48. The van der Waals surface area contributed by atoms with Gasteiger partial charge in [-0.2, -0.15) is 0 Å². The van der Waals surface area contributed by atoms with Gasteiger partial charge in [-0.1, -0.05) is 0 Å². The van der Waals surface area contributed by atoms with Crippen LogP contribution in [0.5, 0.6) is 0 Å². The third kappa shape index (κ3) is 7.31. The van der Waals surface area contributed by atoms with E-state index in [-0.39, 0.29) is 36.3 Å². The van der Waals surface area contributed by atoms with E-state index >= 15 is 0 Å². The van der Waals surface area contributed by atoms with Crippen molar-refractivity contribution in [3.63, 3.8) is 0 Å². The smallest absolute Gasteiger partial charge is 0.0494 e. The summed E-state index contributed by atoms with van der Waals surface area (Å²) in [5.74, 6) is 0. The summed E-state index contributed by atoms with van der Waals surface area (Å²) in [6.07, 6.45) is 38.3. The largest absolute Gasteiger partial charge is 0.0680 e. The van der Waals surface area contributed by atoms with E-state index < -0.39 is 0 Å². The first-order valence-corrected chi connectivity index (χ1v) is 19.1. The summed E-state index contributed by atoms with van der Waals surface area (Å²) >= 11 is 0. The minimum Gasteiger partial charge on any atom is -0.0494 e. The molecule has 0 unspecified atom stereocenters. The molecule has 0 aliphatic heterocycles. The summed E-state index contributed by atoms with van der Waals surface area (Å²) in [6.45, 7) is 0. The first kappa shape index (κ1) is 27.6. The van der Waals surface area contributed by atoms with Crippen molar-refractivity contribution >= 4 is 15.8 Å². The average Bonchev–Trinajstić information content (AvgIpc) is 3.67. The first-order chi connectivity index (χ1) is 15.9. The topological polar surface area (TPSA) is 0 Å². The molecule has 6 rings (SSSR count). The molecule has 194 valence electrons. The van der Waals surface area contributed by atoms with E-state index in [9.17, 15) is 0 Å². The Hall–Kier alpha value is 1.52. The Bertz CT molecular complexity index is 393. The zero-order chi connectivity index (χ0) is 21.6. The van der Waals surface area contributed by atoms with Gasteiger partial charge in [-0.3, -0.25) is 0 Å². The maximum absolute atomic E-state index is 1.63. The Labute approximate surface area is 223 Å². The molecule has 0 atom stereocenters. The van der Waals surface area contributed by atoms with E-state index in [0.717, 1.165) is 0 Å². The molecule has 0 aromatic carbocycles. The van der Waals surface area contributed by atoms with Crippen LogP contribution in [-0.4, -0.2) is 34.0 Å². The molecule has 6 fully saturated rings. The second-order valence-electron chi connectivity index (χ2n) is 12.9. The van der Waals surface area contributed by atoms with Gasteiger partial charge in [-0.05, 0) is 154 Å². The van der Waals surface area contributed by atoms with Gasteiger partial charge in [0.25, 0.3) is 0 Å². The Balaban J connectivity index is 0.000000152. The molecule has 0 aromatic heterocycles. The fourth-order valence-corrected chi connectivity index (χ4v) is 20.0. The second-order valence-corrected chi connectivity index (χ2v) is 19.8. The van der Waals surface area contributed by atoms with E-state index in [2.05, 4.69) is 0 Å². The van der Waals surface area contributed by atoms with E-state index in [1.165, 1.54) is 34.0 Å². The van der Waals surface area contributed by atoms with E-state index in [4.69, 9.17) is 0 Å². The summed E-state index contributed by atoms with van der Waals surface area (Å²) in [6, 6.07) is 0. The molecule has 6 aliphatic carbocycles. The maximum atomic E-state index is 1.63. The van der Waals surface area contributed by atoms with Gasteiger partial charge < -0.3 is 0 Å². The van der Waals surface area contributed by atoms with Gasteiger partial charge in [0.1, 0.15) is 0 Å². The van der Waals surface area contributed by atoms with Crippen LogP contribution in [-0.2, 0) is 20.4 Å². The Morgan fingerprint density at radius 2 is 0.364 bits per heavy atom. The quantitative estimate of drug-likeness (QED) is 0.215. The van der Waals surface area contributed by atoms with E-state index in [0.29, 0.717) is 0 Å². The molecule has 0 radical (unpaired) electrons. The van der Waals surface area contributed by atoms with Crippen LogP contribution in [0.15, 0.2) is 0 Å². The van der Waals surface area contributed by atoms with Crippen molar-refractivity contribution < 1.29 is 20.4 Å². The van der Waals surface area contributed by atoms with Gasteiger partial charge >= 0.3 is 0 Å². The number of hydrogen-bond acceptors (Lipinski definition) is 0. The molecule has 0 aromatic rings. The van der Waals surface area contributed by atoms with Gasteiger partial charge in [-0.15, -0.1) is 0 Å². The zero-order valence-electron chi connectivity index (χ0n) is 21.8. The summed E-state index contributed by atoms with van der Waals surface area (Å²) in [5, 5.41) is 0. The molecular formula is C30H56P2Pd+2. The molecule has 3 heteroatoms. The normalized spacial score (nSPS) is 28.9. The summed E-state index contributed by atoms with van der Waals surface area (Å²) in [4.78, 5) is 0. The van der Waals surface area contributed by atoms with Gasteiger partial charge in [0.15, 0.2) is 0 Å². The third-order valence-corrected chi connectivity index (χ3v) is 20.1. The monoisotopic (exact) mass is 584 g/mol. The van der Waals surface area contributed by atoms with Crippen LogP contribution in [0.4, 0.5) is 0 Å². The molecule has 6 aliphatic rings. The predicted octanol–water partition coefficient (Wildman–Crippen LogP) is 10.1. The summed E-state index contributed by atoms with van der Waals surface area (Å²) < 4.78 is 0.